The van der Waals surface area contributed by atoms with Gasteiger partial charge in [0.15, 0.2) is 6.23 Å². The summed E-state index contributed by atoms with van der Waals surface area (Å²) in [4.78, 5) is 28.9. The van der Waals surface area contributed by atoms with Gasteiger partial charge in [0.2, 0.25) is 0 Å². The minimum Gasteiger partial charge on any atom is -0.394 e. The van der Waals surface area contributed by atoms with Gasteiger partial charge in [-0.25, -0.2) is 9.18 Å². The summed E-state index contributed by atoms with van der Waals surface area (Å²) in [5.74, 6) is -0.897. The number of rotatable bonds is 2. The second kappa shape index (κ2) is 5.25. The van der Waals surface area contributed by atoms with Crippen molar-refractivity contribution in [3.8, 4) is 0 Å². The van der Waals surface area contributed by atoms with Crippen LogP contribution in [0.2, 0.25) is 0 Å². The average molecular weight is 313 g/mol. The number of nitrogens with one attached hydrogen (secondary N) is 1. The number of aliphatic hydroxyl groups is 3. The lowest BCUT2D eigenvalue weighted by Crippen LogP contribution is -2.36. The molecule has 0 bridgehead atoms. The van der Waals surface area contributed by atoms with Crippen molar-refractivity contribution in [1.29, 1.82) is 0 Å². The Kier molecular flexibility index (Phi) is 3.53. The van der Waals surface area contributed by atoms with E-state index < -0.39 is 48.2 Å². The Morgan fingerprint density at radius 2 is 2.09 bits per heavy atom. The number of ether oxygens (including phenoxy) is 1. The molecule has 22 heavy (non-hydrogen) atoms. The van der Waals surface area contributed by atoms with E-state index in [1.54, 1.807) is 0 Å². The van der Waals surface area contributed by atoms with Crippen LogP contribution in [0.15, 0.2) is 21.9 Å². The van der Waals surface area contributed by atoms with Crippen LogP contribution in [-0.2, 0) is 4.74 Å². The Morgan fingerprint density at radius 3 is 2.73 bits per heavy atom. The van der Waals surface area contributed by atoms with Gasteiger partial charge >= 0.3 is 5.69 Å². The molecule has 4 unspecified atom stereocenters. The largest absolute Gasteiger partial charge is 0.394 e. The Bertz CT molecular complexity index is 834. The van der Waals surface area contributed by atoms with Crippen LogP contribution in [0.4, 0.5) is 4.39 Å². The number of pyridine rings is 1. The fourth-order valence-corrected chi connectivity index (χ4v) is 2.38. The molecule has 1 aliphatic heterocycles. The first-order chi connectivity index (χ1) is 10.4. The van der Waals surface area contributed by atoms with Gasteiger partial charge < -0.3 is 25.0 Å². The van der Waals surface area contributed by atoms with Crippen molar-refractivity contribution in [2.45, 2.75) is 24.5 Å². The normalized spacial score (nSPS) is 28.4. The summed E-state index contributed by atoms with van der Waals surface area (Å²) in [6.45, 7) is -0.563. The van der Waals surface area contributed by atoms with Gasteiger partial charge in [-0.2, -0.15) is 4.98 Å². The number of aliphatic hydroxyl groups excluding tert-OH is 3. The highest BCUT2D eigenvalue weighted by Gasteiger charge is 2.43. The second-order valence-electron chi connectivity index (χ2n) is 4.90. The van der Waals surface area contributed by atoms with Gasteiger partial charge in [-0.3, -0.25) is 9.36 Å². The van der Waals surface area contributed by atoms with E-state index in [9.17, 15) is 24.2 Å². The summed E-state index contributed by atoms with van der Waals surface area (Å²) < 4.78 is 19.8. The third kappa shape index (κ3) is 2.22. The van der Waals surface area contributed by atoms with Gasteiger partial charge in [-0.15, -0.1) is 0 Å². The molecule has 0 spiro atoms. The quantitative estimate of drug-likeness (QED) is 0.495. The molecular formula is C12H12FN3O6. The molecular weight excluding hydrogens is 301 g/mol. The number of halogens is 1. The van der Waals surface area contributed by atoms with E-state index in [0.717, 1.165) is 10.8 Å². The number of aromatic amines is 1. The standard InChI is InChI=1S/C12H12FN3O6/c13-5-1-7(18)14-10-4(5)2-16(12(21)15-10)11-9(20)8(19)6(3-17)22-11/h1-2,6,8-9,11,17,19-20H,3H2,(H,14,15,18,21). The Morgan fingerprint density at radius 1 is 1.36 bits per heavy atom. The lowest BCUT2D eigenvalue weighted by atomic mass is 10.1. The lowest BCUT2D eigenvalue weighted by Gasteiger charge is -2.17. The van der Waals surface area contributed by atoms with Gasteiger partial charge in [-0.05, 0) is 0 Å². The number of hydrogen-bond acceptors (Lipinski definition) is 7. The molecule has 9 nitrogen and oxygen atoms in total. The van der Waals surface area contributed by atoms with Crippen LogP contribution in [0.5, 0.6) is 0 Å². The van der Waals surface area contributed by atoms with Crippen LogP contribution in [0.3, 0.4) is 0 Å². The van der Waals surface area contributed by atoms with E-state index in [1.165, 1.54) is 0 Å². The minimum absolute atomic E-state index is 0.156. The highest BCUT2D eigenvalue weighted by molar-refractivity contribution is 5.73. The van der Waals surface area contributed by atoms with E-state index in [-0.39, 0.29) is 11.0 Å². The predicted octanol–water partition coefficient (Wildman–Crippen LogP) is -2.16. The number of H-pyrrole nitrogens is 1. The van der Waals surface area contributed by atoms with Crippen LogP contribution in [0, 0.1) is 5.82 Å². The van der Waals surface area contributed by atoms with Crippen LogP contribution >= 0.6 is 0 Å². The zero-order valence-corrected chi connectivity index (χ0v) is 11.0. The summed E-state index contributed by atoms with van der Waals surface area (Å²) in [5, 5.41) is 28.5. The zero-order chi connectivity index (χ0) is 16.0. The molecule has 2 aromatic heterocycles. The maximum absolute atomic E-state index is 13.8. The highest BCUT2D eigenvalue weighted by Crippen LogP contribution is 2.28. The monoisotopic (exact) mass is 313 g/mol. The molecule has 1 aliphatic rings. The molecule has 3 rings (SSSR count). The third-order valence-electron chi connectivity index (χ3n) is 3.50. The van der Waals surface area contributed by atoms with Crippen LogP contribution in [0.25, 0.3) is 11.0 Å². The summed E-state index contributed by atoms with van der Waals surface area (Å²) in [6.07, 6.45) is -4.29. The molecule has 0 aliphatic carbocycles. The molecule has 4 atom stereocenters. The highest BCUT2D eigenvalue weighted by atomic mass is 19.1. The van der Waals surface area contributed by atoms with Crippen LogP contribution < -0.4 is 11.2 Å². The minimum atomic E-state index is -1.50. The van der Waals surface area contributed by atoms with Crippen LogP contribution in [-0.4, -0.2) is 54.8 Å². The molecule has 10 heteroatoms. The molecule has 0 saturated carbocycles. The van der Waals surface area contributed by atoms with Crippen molar-refractivity contribution in [3.63, 3.8) is 0 Å². The maximum atomic E-state index is 13.8. The van der Waals surface area contributed by atoms with Gasteiger partial charge in [0.25, 0.3) is 5.56 Å². The number of aromatic nitrogens is 3. The Labute approximate surface area is 121 Å². The van der Waals surface area contributed by atoms with Gasteiger partial charge in [0.1, 0.15) is 29.8 Å². The molecule has 4 N–H and O–H groups in total. The van der Waals surface area contributed by atoms with Crippen molar-refractivity contribution in [3.05, 3.63) is 38.9 Å². The van der Waals surface area contributed by atoms with E-state index in [2.05, 4.69) is 9.97 Å². The van der Waals surface area contributed by atoms with E-state index >= 15 is 0 Å². The summed E-state index contributed by atoms with van der Waals surface area (Å²) >= 11 is 0. The molecule has 0 amide bonds. The lowest BCUT2D eigenvalue weighted by molar-refractivity contribution is -0.0547. The van der Waals surface area contributed by atoms with Crippen molar-refractivity contribution in [2.24, 2.45) is 0 Å². The average Bonchev–Trinajstić information content (AvgIpc) is 2.74. The van der Waals surface area contributed by atoms with E-state index in [1.807, 2.05) is 0 Å². The maximum Gasteiger partial charge on any atom is 0.351 e. The van der Waals surface area contributed by atoms with Gasteiger partial charge in [-0.1, -0.05) is 0 Å². The summed E-state index contributed by atoms with van der Waals surface area (Å²) in [7, 11) is 0. The Balaban J connectivity index is 2.14. The zero-order valence-electron chi connectivity index (χ0n) is 11.0. The predicted molar refractivity (Wildman–Crippen MR) is 69.6 cm³/mol. The molecule has 3 heterocycles. The molecule has 0 aromatic carbocycles. The summed E-state index contributed by atoms with van der Waals surface area (Å²) in [6, 6.07) is 0.691. The number of fused-ring (bicyclic) bond motifs is 1. The SMILES string of the molecule is O=c1cc(F)c2cn(C3OC(CO)C(O)C3O)c(=O)nc2[nH]1. The fourth-order valence-electron chi connectivity index (χ4n) is 2.38. The molecule has 118 valence electrons. The first-order valence-electron chi connectivity index (χ1n) is 6.36. The Hall–Kier alpha value is -2.14. The first kappa shape index (κ1) is 14.8. The van der Waals surface area contributed by atoms with Gasteiger partial charge in [0.05, 0.1) is 12.0 Å². The molecule has 1 saturated heterocycles. The van der Waals surface area contributed by atoms with Crippen molar-refractivity contribution in [1.82, 2.24) is 14.5 Å². The van der Waals surface area contributed by atoms with Crippen molar-refractivity contribution < 1.29 is 24.4 Å². The molecule has 0 radical (unpaired) electrons. The molecule has 1 fully saturated rings. The summed E-state index contributed by atoms with van der Waals surface area (Å²) in [5.41, 5.74) is -1.90. The second-order valence-corrected chi connectivity index (χ2v) is 4.90. The van der Waals surface area contributed by atoms with E-state index in [4.69, 9.17) is 9.84 Å². The smallest absolute Gasteiger partial charge is 0.351 e. The molecule has 2 aromatic rings. The number of hydrogen-bond donors (Lipinski definition) is 4. The van der Waals surface area contributed by atoms with E-state index in [0.29, 0.717) is 6.07 Å². The van der Waals surface area contributed by atoms with Crippen molar-refractivity contribution >= 4 is 11.0 Å². The van der Waals surface area contributed by atoms with Crippen LogP contribution in [0.1, 0.15) is 6.23 Å². The third-order valence-corrected chi connectivity index (χ3v) is 3.50. The topological polar surface area (TPSA) is 138 Å². The fraction of sp³-hybridized carbons (Fsp3) is 0.417. The van der Waals surface area contributed by atoms with Gasteiger partial charge in [0, 0.05) is 12.3 Å². The first-order valence-corrected chi connectivity index (χ1v) is 6.36. The number of nitrogens with zero attached hydrogens (tertiary/aromatic N) is 2. The van der Waals surface area contributed by atoms with Crippen molar-refractivity contribution in [2.75, 3.05) is 6.61 Å².